The van der Waals surface area contributed by atoms with Gasteiger partial charge >= 0.3 is 5.97 Å². The average molecular weight is 333 g/mol. The largest absolute Gasteiger partial charge is 0.481 e. The molecule has 0 aliphatic heterocycles. The molecule has 1 atom stereocenters. The molecule has 0 bridgehead atoms. The van der Waals surface area contributed by atoms with E-state index in [0.29, 0.717) is 16.8 Å². The van der Waals surface area contributed by atoms with Gasteiger partial charge in [0.05, 0.1) is 17.2 Å². The maximum Gasteiger partial charge on any atom is 0.312 e. The molecule has 1 unspecified atom stereocenters. The first-order chi connectivity index (χ1) is 11.3. The highest BCUT2D eigenvalue weighted by molar-refractivity contribution is 5.95. The summed E-state index contributed by atoms with van der Waals surface area (Å²) in [5.41, 5.74) is 1.42. The topological polar surface area (TPSA) is 84.2 Å². The Kier molecular flexibility index (Phi) is 5.33. The van der Waals surface area contributed by atoms with Crippen LogP contribution in [0.1, 0.15) is 47.4 Å². The van der Waals surface area contributed by atoms with Crippen molar-refractivity contribution >= 4 is 11.9 Å². The number of rotatable bonds is 6. The molecule has 0 saturated heterocycles. The number of nitrogens with one attached hydrogen (secondary N) is 1. The third kappa shape index (κ3) is 3.98. The number of hydrogen-bond donors (Lipinski definition) is 2. The molecule has 128 valence electrons. The van der Waals surface area contributed by atoms with E-state index >= 15 is 0 Å². The lowest BCUT2D eigenvalue weighted by Crippen LogP contribution is -2.31. The number of aliphatic carboxylic acids is 1. The van der Waals surface area contributed by atoms with Crippen molar-refractivity contribution < 1.29 is 19.1 Å². The summed E-state index contributed by atoms with van der Waals surface area (Å²) in [4.78, 5) is 23.7. The van der Waals surface area contributed by atoms with Crippen molar-refractivity contribution in [1.29, 1.82) is 0 Å². The molecule has 2 rings (SSSR count). The Morgan fingerprint density at radius 1 is 1.29 bits per heavy atom. The first-order valence-corrected chi connectivity index (χ1v) is 7.61. The van der Waals surface area contributed by atoms with Gasteiger partial charge in [0, 0.05) is 18.8 Å². The number of carboxylic acid groups (broad SMARTS) is 1. The number of nitrogens with zero attached hydrogens (tertiary/aromatic N) is 2. The molecular formula is C17H20FN3O3. The quantitative estimate of drug-likeness (QED) is 0.851. The maximum atomic E-state index is 13.0. The number of hydrogen-bond acceptors (Lipinski definition) is 3. The second-order valence-electron chi connectivity index (χ2n) is 5.85. The second kappa shape index (κ2) is 7.25. The van der Waals surface area contributed by atoms with Crippen LogP contribution in [0.3, 0.4) is 0 Å². The van der Waals surface area contributed by atoms with E-state index in [9.17, 15) is 19.1 Å². The highest BCUT2D eigenvalue weighted by atomic mass is 19.1. The van der Waals surface area contributed by atoms with E-state index in [1.165, 1.54) is 24.3 Å². The van der Waals surface area contributed by atoms with Gasteiger partial charge in [-0.15, -0.1) is 0 Å². The molecule has 1 amide bonds. The van der Waals surface area contributed by atoms with Gasteiger partial charge in [-0.25, -0.2) is 4.39 Å². The van der Waals surface area contributed by atoms with E-state index < -0.39 is 17.7 Å². The summed E-state index contributed by atoms with van der Waals surface area (Å²) in [6.45, 7) is 5.53. The highest BCUT2D eigenvalue weighted by Crippen LogP contribution is 2.17. The van der Waals surface area contributed by atoms with Crippen molar-refractivity contribution in [2.75, 3.05) is 6.54 Å². The van der Waals surface area contributed by atoms with Crippen LogP contribution in [0.4, 0.5) is 4.39 Å². The molecule has 1 aromatic carbocycles. The number of benzene rings is 1. The van der Waals surface area contributed by atoms with Crippen molar-refractivity contribution in [1.82, 2.24) is 15.1 Å². The predicted octanol–water partition coefficient (Wildman–Crippen LogP) is 2.51. The van der Waals surface area contributed by atoms with Crippen LogP contribution < -0.4 is 5.32 Å². The molecule has 0 aliphatic rings. The number of aromatic nitrogens is 2. The fourth-order valence-corrected chi connectivity index (χ4v) is 2.30. The Morgan fingerprint density at radius 3 is 2.42 bits per heavy atom. The minimum Gasteiger partial charge on any atom is -0.481 e. The Balaban J connectivity index is 2.10. The summed E-state index contributed by atoms with van der Waals surface area (Å²) >= 11 is 0. The minimum atomic E-state index is -1.09. The molecule has 0 saturated carbocycles. The van der Waals surface area contributed by atoms with Gasteiger partial charge in [0.1, 0.15) is 5.82 Å². The fourth-order valence-electron chi connectivity index (χ4n) is 2.30. The highest BCUT2D eigenvalue weighted by Gasteiger charge is 2.22. The first-order valence-electron chi connectivity index (χ1n) is 7.61. The molecule has 7 heteroatoms. The Bertz CT molecular complexity index is 738. The first kappa shape index (κ1) is 17.7. The second-order valence-corrected chi connectivity index (χ2v) is 5.85. The number of carboxylic acids is 1. The van der Waals surface area contributed by atoms with Crippen molar-refractivity contribution in [3.05, 3.63) is 53.1 Å². The Hall–Kier alpha value is -2.70. The zero-order valence-electron chi connectivity index (χ0n) is 13.8. The van der Waals surface area contributed by atoms with Crippen LogP contribution in [-0.4, -0.2) is 33.3 Å². The third-order valence-electron chi connectivity index (χ3n) is 3.73. The molecule has 1 heterocycles. The van der Waals surface area contributed by atoms with Crippen LogP contribution in [0.15, 0.2) is 30.5 Å². The SMILES string of the molecule is Cc1nn(C(C)C)cc1C(=O)NCC(C(=O)O)c1ccc(F)cc1. The van der Waals surface area contributed by atoms with Crippen LogP contribution in [0.2, 0.25) is 0 Å². The van der Waals surface area contributed by atoms with Gasteiger partial charge in [0.15, 0.2) is 0 Å². The molecule has 2 N–H and O–H groups in total. The van der Waals surface area contributed by atoms with Gasteiger partial charge in [-0.05, 0) is 38.5 Å². The maximum absolute atomic E-state index is 13.0. The molecule has 0 aliphatic carbocycles. The van der Waals surface area contributed by atoms with Crippen molar-refractivity contribution in [3.8, 4) is 0 Å². The van der Waals surface area contributed by atoms with Crippen molar-refractivity contribution in [2.45, 2.75) is 32.7 Å². The molecule has 0 spiro atoms. The predicted molar refractivity (Wildman–Crippen MR) is 86.5 cm³/mol. The lowest BCUT2D eigenvalue weighted by Gasteiger charge is -2.13. The van der Waals surface area contributed by atoms with Gasteiger partial charge in [0.25, 0.3) is 5.91 Å². The molecule has 1 aromatic heterocycles. The Morgan fingerprint density at radius 2 is 1.92 bits per heavy atom. The Labute approximate surface area is 139 Å². The van der Waals surface area contributed by atoms with E-state index in [-0.39, 0.29) is 18.5 Å². The molecule has 24 heavy (non-hydrogen) atoms. The molecule has 2 aromatic rings. The van der Waals surface area contributed by atoms with E-state index in [4.69, 9.17) is 0 Å². The van der Waals surface area contributed by atoms with Crippen LogP contribution >= 0.6 is 0 Å². The van der Waals surface area contributed by atoms with Gasteiger partial charge in [0.2, 0.25) is 0 Å². The van der Waals surface area contributed by atoms with Crippen molar-refractivity contribution in [2.24, 2.45) is 0 Å². The monoisotopic (exact) mass is 333 g/mol. The van der Waals surface area contributed by atoms with Crippen LogP contribution in [-0.2, 0) is 4.79 Å². The van der Waals surface area contributed by atoms with Gasteiger partial charge in [-0.1, -0.05) is 12.1 Å². The number of carbonyl (C=O) groups excluding carboxylic acids is 1. The van der Waals surface area contributed by atoms with Crippen LogP contribution in [0, 0.1) is 12.7 Å². The molecular weight excluding hydrogens is 313 g/mol. The normalized spacial score (nSPS) is 12.2. The van der Waals surface area contributed by atoms with E-state index in [2.05, 4.69) is 10.4 Å². The lowest BCUT2D eigenvalue weighted by molar-refractivity contribution is -0.138. The zero-order valence-corrected chi connectivity index (χ0v) is 13.8. The summed E-state index contributed by atoms with van der Waals surface area (Å²) in [6.07, 6.45) is 1.64. The van der Waals surface area contributed by atoms with Crippen molar-refractivity contribution in [3.63, 3.8) is 0 Å². The third-order valence-corrected chi connectivity index (χ3v) is 3.73. The van der Waals surface area contributed by atoms with E-state index in [0.717, 1.165) is 0 Å². The summed E-state index contributed by atoms with van der Waals surface area (Å²) in [5, 5.41) is 16.2. The zero-order chi connectivity index (χ0) is 17.9. The average Bonchev–Trinajstić information content (AvgIpc) is 2.91. The molecule has 6 nitrogen and oxygen atoms in total. The van der Waals surface area contributed by atoms with Gasteiger partial charge in [-0.2, -0.15) is 5.10 Å². The van der Waals surface area contributed by atoms with Crippen LogP contribution in [0.5, 0.6) is 0 Å². The smallest absolute Gasteiger partial charge is 0.312 e. The molecule has 0 radical (unpaired) electrons. The summed E-state index contributed by atoms with van der Waals surface area (Å²) in [7, 11) is 0. The number of amides is 1. The summed E-state index contributed by atoms with van der Waals surface area (Å²) < 4.78 is 14.7. The minimum absolute atomic E-state index is 0.0912. The lowest BCUT2D eigenvalue weighted by atomic mass is 9.99. The number of carbonyl (C=O) groups is 2. The standard InChI is InChI=1S/C17H20FN3O3/c1-10(2)21-9-15(11(3)20-21)16(22)19-8-14(17(23)24)12-4-6-13(18)7-5-12/h4-7,9-10,14H,8H2,1-3H3,(H,19,22)(H,23,24). The van der Waals surface area contributed by atoms with Gasteiger partial charge < -0.3 is 10.4 Å². The number of aryl methyl sites for hydroxylation is 1. The number of halogens is 1. The van der Waals surface area contributed by atoms with Gasteiger partial charge in [-0.3, -0.25) is 14.3 Å². The van der Waals surface area contributed by atoms with E-state index in [1.807, 2.05) is 13.8 Å². The summed E-state index contributed by atoms with van der Waals surface area (Å²) in [6, 6.07) is 5.33. The molecule has 0 fully saturated rings. The fraction of sp³-hybridized carbons (Fsp3) is 0.353. The van der Waals surface area contributed by atoms with E-state index in [1.54, 1.807) is 17.8 Å². The summed E-state index contributed by atoms with van der Waals surface area (Å²) in [5.74, 6) is -2.86. The van der Waals surface area contributed by atoms with Crippen LogP contribution in [0.25, 0.3) is 0 Å².